The van der Waals surface area contributed by atoms with Crippen molar-refractivity contribution in [3.63, 3.8) is 0 Å². The Balaban J connectivity index is 1.91. The third-order valence-corrected chi connectivity index (χ3v) is 4.42. The third kappa shape index (κ3) is 5.58. The zero-order chi connectivity index (χ0) is 17.5. The van der Waals surface area contributed by atoms with Gasteiger partial charge in [-0.1, -0.05) is 19.1 Å². The molecule has 1 aliphatic rings. The molecule has 0 spiro atoms. The molecule has 24 heavy (non-hydrogen) atoms. The van der Waals surface area contributed by atoms with E-state index in [1.54, 1.807) is 0 Å². The van der Waals surface area contributed by atoms with Crippen molar-refractivity contribution in [3.8, 4) is 0 Å². The molecule has 3 unspecified atom stereocenters. The lowest BCUT2D eigenvalue weighted by atomic mass is 10.1. The number of benzene rings is 1. The minimum atomic E-state index is -0.0736. The van der Waals surface area contributed by atoms with Crippen LogP contribution in [0, 0.1) is 0 Å². The first kappa shape index (κ1) is 18.9. The van der Waals surface area contributed by atoms with Crippen LogP contribution in [-0.4, -0.2) is 53.9 Å². The Bertz CT molecular complexity index is 508. The quantitative estimate of drug-likeness (QED) is 0.802. The Morgan fingerprint density at radius 2 is 1.92 bits per heavy atom. The molecule has 3 atom stereocenters. The summed E-state index contributed by atoms with van der Waals surface area (Å²) in [5.74, 6) is -0.0736. The maximum Gasteiger partial charge on any atom is 0.251 e. The number of nitrogens with one attached hydrogen (secondary N) is 1. The maximum absolute atomic E-state index is 12.3. The number of rotatable bonds is 7. The molecular formula is C19H30N2O3. The molecule has 5 heteroatoms. The summed E-state index contributed by atoms with van der Waals surface area (Å²) in [5, 5.41) is 12.0. The van der Waals surface area contributed by atoms with E-state index in [-0.39, 0.29) is 30.8 Å². The second-order valence-electron chi connectivity index (χ2n) is 6.74. The standard InChI is InChI=1S/C19H30N2O3/c1-4-18(9-10-22)20-19(23)17-7-5-16(6-8-17)13-21-11-14(2)24-15(3)12-21/h5-8,14-15,18,22H,4,9-13H2,1-3H3,(H,20,23). The minimum Gasteiger partial charge on any atom is -0.396 e. The van der Waals surface area contributed by atoms with Gasteiger partial charge in [-0.2, -0.15) is 0 Å². The van der Waals surface area contributed by atoms with Gasteiger partial charge in [0.25, 0.3) is 5.91 Å². The molecule has 2 rings (SSSR count). The van der Waals surface area contributed by atoms with Crippen molar-refractivity contribution in [1.29, 1.82) is 0 Å². The number of hydrogen-bond acceptors (Lipinski definition) is 4. The van der Waals surface area contributed by atoms with Gasteiger partial charge in [0.1, 0.15) is 0 Å². The summed E-state index contributed by atoms with van der Waals surface area (Å²) in [6.45, 7) is 9.06. The number of carbonyl (C=O) groups excluding carboxylic acids is 1. The van der Waals surface area contributed by atoms with E-state index in [2.05, 4.69) is 24.1 Å². The van der Waals surface area contributed by atoms with Crippen molar-refractivity contribution < 1.29 is 14.6 Å². The number of hydrogen-bond donors (Lipinski definition) is 2. The normalized spacial score (nSPS) is 23.0. The summed E-state index contributed by atoms with van der Waals surface area (Å²) in [7, 11) is 0. The van der Waals surface area contributed by atoms with Gasteiger partial charge in [-0.3, -0.25) is 9.69 Å². The Morgan fingerprint density at radius 3 is 2.46 bits per heavy atom. The van der Waals surface area contributed by atoms with E-state index < -0.39 is 0 Å². The first-order valence-electron chi connectivity index (χ1n) is 8.90. The van der Waals surface area contributed by atoms with E-state index in [4.69, 9.17) is 9.84 Å². The zero-order valence-corrected chi connectivity index (χ0v) is 15.0. The smallest absolute Gasteiger partial charge is 0.251 e. The molecule has 134 valence electrons. The summed E-state index contributed by atoms with van der Waals surface area (Å²) in [6.07, 6.45) is 1.93. The van der Waals surface area contributed by atoms with E-state index in [1.165, 1.54) is 5.56 Å². The lowest BCUT2D eigenvalue weighted by molar-refractivity contribution is -0.0704. The van der Waals surface area contributed by atoms with Crippen molar-refractivity contribution in [3.05, 3.63) is 35.4 Å². The summed E-state index contributed by atoms with van der Waals surface area (Å²) in [6, 6.07) is 7.82. The number of carbonyl (C=O) groups is 1. The van der Waals surface area contributed by atoms with Crippen LogP contribution >= 0.6 is 0 Å². The van der Waals surface area contributed by atoms with Gasteiger partial charge in [0.15, 0.2) is 0 Å². The fraction of sp³-hybridized carbons (Fsp3) is 0.632. The number of ether oxygens (including phenoxy) is 1. The molecule has 0 radical (unpaired) electrons. The number of aliphatic hydroxyl groups excluding tert-OH is 1. The molecule has 2 N–H and O–H groups in total. The highest BCUT2D eigenvalue weighted by Gasteiger charge is 2.22. The Morgan fingerprint density at radius 1 is 1.29 bits per heavy atom. The highest BCUT2D eigenvalue weighted by molar-refractivity contribution is 5.94. The van der Waals surface area contributed by atoms with Crippen molar-refractivity contribution in [2.75, 3.05) is 19.7 Å². The molecular weight excluding hydrogens is 304 g/mol. The minimum absolute atomic E-state index is 0.0264. The Labute approximate surface area is 145 Å². The summed E-state index contributed by atoms with van der Waals surface area (Å²) >= 11 is 0. The second kappa shape index (κ2) is 9.16. The van der Waals surface area contributed by atoms with Crippen LogP contribution in [0.1, 0.15) is 49.5 Å². The predicted molar refractivity (Wildman–Crippen MR) is 95.0 cm³/mol. The van der Waals surface area contributed by atoms with Gasteiger partial charge < -0.3 is 15.2 Å². The molecule has 1 heterocycles. The van der Waals surface area contributed by atoms with Crippen LogP contribution in [0.15, 0.2) is 24.3 Å². The van der Waals surface area contributed by atoms with Gasteiger partial charge >= 0.3 is 0 Å². The molecule has 1 fully saturated rings. The van der Waals surface area contributed by atoms with Crippen molar-refractivity contribution in [2.45, 2.75) is 58.4 Å². The van der Waals surface area contributed by atoms with Crippen LogP contribution < -0.4 is 5.32 Å². The molecule has 1 aromatic rings. The van der Waals surface area contributed by atoms with Crippen LogP contribution in [0.3, 0.4) is 0 Å². The highest BCUT2D eigenvalue weighted by atomic mass is 16.5. The number of nitrogens with zero attached hydrogens (tertiary/aromatic N) is 1. The van der Waals surface area contributed by atoms with E-state index >= 15 is 0 Å². The molecule has 0 saturated carbocycles. The van der Waals surface area contributed by atoms with E-state index in [1.807, 2.05) is 31.2 Å². The number of amides is 1. The zero-order valence-electron chi connectivity index (χ0n) is 15.0. The van der Waals surface area contributed by atoms with Crippen LogP contribution in [0.25, 0.3) is 0 Å². The van der Waals surface area contributed by atoms with Crippen LogP contribution in [0.5, 0.6) is 0 Å². The lowest BCUT2D eigenvalue weighted by Crippen LogP contribution is -2.44. The lowest BCUT2D eigenvalue weighted by Gasteiger charge is -2.35. The van der Waals surface area contributed by atoms with Gasteiger partial charge in [0.2, 0.25) is 0 Å². The molecule has 0 aromatic heterocycles. The highest BCUT2D eigenvalue weighted by Crippen LogP contribution is 2.15. The van der Waals surface area contributed by atoms with Gasteiger partial charge in [-0.15, -0.1) is 0 Å². The first-order valence-corrected chi connectivity index (χ1v) is 8.90. The molecule has 5 nitrogen and oxygen atoms in total. The first-order chi connectivity index (χ1) is 11.5. The van der Waals surface area contributed by atoms with Gasteiger partial charge in [-0.25, -0.2) is 0 Å². The summed E-state index contributed by atoms with van der Waals surface area (Å²) in [4.78, 5) is 14.6. The fourth-order valence-electron chi connectivity index (χ4n) is 3.24. The second-order valence-corrected chi connectivity index (χ2v) is 6.74. The average molecular weight is 334 g/mol. The van der Waals surface area contributed by atoms with E-state index in [9.17, 15) is 4.79 Å². The molecule has 0 bridgehead atoms. The third-order valence-electron chi connectivity index (χ3n) is 4.42. The molecule has 1 saturated heterocycles. The SMILES string of the molecule is CCC(CCO)NC(=O)c1ccc(CN2CC(C)OC(C)C2)cc1. The Hall–Kier alpha value is -1.43. The fourth-order valence-corrected chi connectivity index (χ4v) is 3.24. The average Bonchev–Trinajstić information content (AvgIpc) is 2.54. The number of morpholine rings is 1. The molecule has 1 amide bonds. The van der Waals surface area contributed by atoms with Crippen LogP contribution in [-0.2, 0) is 11.3 Å². The number of aliphatic hydroxyl groups is 1. The van der Waals surface area contributed by atoms with Crippen molar-refractivity contribution in [2.24, 2.45) is 0 Å². The molecule has 0 aliphatic carbocycles. The molecule has 1 aromatic carbocycles. The van der Waals surface area contributed by atoms with Crippen LogP contribution in [0.4, 0.5) is 0 Å². The van der Waals surface area contributed by atoms with Gasteiger partial charge in [-0.05, 0) is 44.4 Å². The summed E-state index contributed by atoms with van der Waals surface area (Å²) < 4.78 is 5.76. The van der Waals surface area contributed by atoms with E-state index in [0.29, 0.717) is 12.0 Å². The molecule has 1 aliphatic heterocycles. The van der Waals surface area contributed by atoms with Crippen LogP contribution in [0.2, 0.25) is 0 Å². The topological polar surface area (TPSA) is 61.8 Å². The van der Waals surface area contributed by atoms with Gasteiger partial charge in [0, 0.05) is 37.8 Å². The monoisotopic (exact) mass is 334 g/mol. The Kier molecular flexibility index (Phi) is 7.21. The predicted octanol–water partition coefficient (Wildman–Crippen LogP) is 2.19. The maximum atomic E-state index is 12.3. The largest absolute Gasteiger partial charge is 0.396 e. The van der Waals surface area contributed by atoms with Crippen molar-refractivity contribution >= 4 is 5.91 Å². The van der Waals surface area contributed by atoms with Gasteiger partial charge in [0.05, 0.1) is 12.2 Å². The summed E-state index contributed by atoms with van der Waals surface area (Å²) in [5.41, 5.74) is 1.87. The van der Waals surface area contributed by atoms with Crippen molar-refractivity contribution in [1.82, 2.24) is 10.2 Å². The van der Waals surface area contributed by atoms with E-state index in [0.717, 1.165) is 26.1 Å².